The summed E-state index contributed by atoms with van der Waals surface area (Å²) in [6, 6.07) is 18.5. The number of rotatable bonds is 7. The van der Waals surface area contributed by atoms with Gasteiger partial charge in [-0.15, -0.1) is 0 Å². The molecule has 1 heterocycles. The van der Waals surface area contributed by atoms with Crippen molar-refractivity contribution in [2.45, 2.75) is 19.6 Å². The van der Waals surface area contributed by atoms with E-state index in [-0.39, 0.29) is 11.9 Å². The third-order valence-electron chi connectivity index (χ3n) is 4.21. The number of pyridine rings is 1. The minimum absolute atomic E-state index is 0.119. The Morgan fingerprint density at radius 3 is 2.37 bits per heavy atom. The number of hydrogen-bond acceptors (Lipinski definition) is 4. The van der Waals surface area contributed by atoms with E-state index in [2.05, 4.69) is 10.3 Å². The third kappa shape index (κ3) is 5.07. The average molecular weight is 362 g/mol. The van der Waals surface area contributed by atoms with Gasteiger partial charge in [-0.2, -0.15) is 0 Å². The van der Waals surface area contributed by atoms with Crippen molar-refractivity contribution in [2.24, 2.45) is 0 Å². The second-order valence-corrected chi connectivity index (χ2v) is 6.14. The molecule has 1 N–H and O–H groups in total. The molecule has 5 heteroatoms. The van der Waals surface area contributed by atoms with Crippen LogP contribution in [0.15, 0.2) is 73.1 Å². The molecular weight excluding hydrogens is 340 g/mol. The molecule has 0 bridgehead atoms. The number of carbonyl (C=O) groups excluding carboxylic acids is 1. The fraction of sp³-hybridized carbons (Fsp3) is 0.182. The first-order valence-corrected chi connectivity index (χ1v) is 8.72. The van der Waals surface area contributed by atoms with Gasteiger partial charge in [0, 0.05) is 23.5 Å². The molecule has 2 aromatic carbocycles. The topological polar surface area (TPSA) is 60.5 Å². The summed E-state index contributed by atoms with van der Waals surface area (Å²) >= 11 is 0. The quantitative estimate of drug-likeness (QED) is 0.686. The van der Waals surface area contributed by atoms with Gasteiger partial charge < -0.3 is 14.8 Å². The van der Waals surface area contributed by atoms with Crippen molar-refractivity contribution in [1.82, 2.24) is 10.3 Å². The number of aromatic nitrogens is 1. The van der Waals surface area contributed by atoms with Crippen LogP contribution in [0.2, 0.25) is 0 Å². The van der Waals surface area contributed by atoms with Crippen LogP contribution in [0, 0.1) is 0 Å². The first-order valence-electron chi connectivity index (χ1n) is 8.72. The van der Waals surface area contributed by atoms with E-state index in [1.807, 2.05) is 43.3 Å². The Labute approximate surface area is 159 Å². The predicted molar refractivity (Wildman–Crippen MR) is 104 cm³/mol. The molecular formula is C22H22N2O3. The number of benzene rings is 2. The zero-order valence-electron chi connectivity index (χ0n) is 15.4. The van der Waals surface area contributed by atoms with Crippen LogP contribution < -0.4 is 14.8 Å². The lowest BCUT2D eigenvalue weighted by Crippen LogP contribution is -2.26. The Morgan fingerprint density at radius 1 is 1.04 bits per heavy atom. The number of nitrogens with one attached hydrogen (secondary N) is 1. The standard InChI is InChI=1S/C22H22N2O3/c1-16(24-22(25)19-7-9-20(26-2)10-8-19)18-5-11-21(12-6-18)27-15-17-4-3-13-23-14-17/h3-14,16H,15H2,1-2H3,(H,24,25). The van der Waals surface area contributed by atoms with E-state index in [1.165, 1.54) is 0 Å². The van der Waals surface area contributed by atoms with Crippen LogP contribution >= 0.6 is 0 Å². The van der Waals surface area contributed by atoms with Gasteiger partial charge in [-0.05, 0) is 55.0 Å². The zero-order chi connectivity index (χ0) is 19.1. The molecule has 1 amide bonds. The number of hydrogen-bond donors (Lipinski definition) is 1. The van der Waals surface area contributed by atoms with Crippen LogP contribution in [-0.2, 0) is 6.61 Å². The summed E-state index contributed by atoms with van der Waals surface area (Å²) in [6.07, 6.45) is 3.52. The predicted octanol–water partition coefficient (Wildman–Crippen LogP) is 4.16. The second-order valence-electron chi connectivity index (χ2n) is 6.14. The number of nitrogens with zero attached hydrogens (tertiary/aromatic N) is 1. The second kappa shape index (κ2) is 8.85. The van der Waals surface area contributed by atoms with Crippen molar-refractivity contribution in [3.63, 3.8) is 0 Å². The molecule has 0 fully saturated rings. The number of methoxy groups -OCH3 is 1. The molecule has 3 rings (SSSR count). The van der Waals surface area contributed by atoms with Crippen molar-refractivity contribution in [1.29, 1.82) is 0 Å². The van der Waals surface area contributed by atoms with Crippen LogP contribution in [0.3, 0.4) is 0 Å². The summed E-state index contributed by atoms with van der Waals surface area (Å²) in [5, 5.41) is 3.00. The van der Waals surface area contributed by atoms with E-state index in [1.54, 1.807) is 43.8 Å². The van der Waals surface area contributed by atoms with Crippen molar-refractivity contribution < 1.29 is 14.3 Å². The van der Waals surface area contributed by atoms with E-state index < -0.39 is 0 Å². The highest BCUT2D eigenvalue weighted by atomic mass is 16.5. The Balaban J connectivity index is 1.56. The molecule has 0 radical (unpaired) electrons. The van der Waals surface area contributed by atoms with Crippen molar-refractivity contribution in [3.05, 3.63) is 89.7 Å². The molecule has 0 aliphatic carbocycles. The highest BCUT2D eigenvalue weighted by Gasteiger charge is 2.11. The maximum absolute atomic E-state index is 12.4. The molecule has 0 aliphatic rings. The molecule has 0 aliphatic heterocycles. The fourth-order valence-electron chi connectivity index (χ4n) is 2.61. The number of amides is 1. The maximum atomic E-state index is 12.4. The molecule has 5 nitrogen and oxygen atoms in total. The molecule has 27 heavy (non-hydrogen) atoms. The third-order valence-corrected chi connectivity index (χ3v) is 4.21. The minimum atomic E-state index is -0.123. The summed E-state index contributed by atoms with van der Waals surface area (Å²) in [7, 11) is 1.60. The van der Waals surface area contributed by atoms with E-state index in [0.29, 0.717) is 12.2 Å². The molecule has 1 atom stereocenters. The molecule has 0 saturated carbocycles. The van der Waals surface area contributed by atoms with Crippen LogP contribution in [0.25, 0.3) is 0 Å². The molecule has 0 saturated heterocycles. The van der Waals surface area contributed by atoms with E-state index in [4.69, 9.17) is 9.47 Å². The Hall–Kier alpha value is -3.34. The lowest BCUT2D eigenvalue weighted by Gasteiger charge is -2.15. The zero-order valence-corrected chi connectivity index (χ0v) is 15.4. The lowest BCUT2D eigenvalue weighted by molar-refractivity contribution is 0.0940. The van der Waals surface area contributed by atoms with Gasteiger partial charge in [0.05, 0.1) is 13.2 Å². The first-order chi connectivity index (χ1) is 13.2. The monoisotopic (exact) mass is 362 g/mol. The lowest BCUT2D eigenvalue weighted by atomic mass is 10.1. The molecule has 3 aromatic rings. The van der Waals surface area contributed by atoms with E-state index in [0.717, 1.165) is 22.6 Å². The van der Waals surface area contributed by atoms with E-state index in [9.17, 15) is 4.79 Å². The Bertz CT molecular complexity index is 862. The van der Waals surface area contributed by atoms with Crippen molar-refractivity contribution in [3.8, 4) is 11.5 Å². The van der Waals surface area contributed by atoms with Gasteiger partial charge in [-0.1, -0.05) is 18.2 Å². The van der Waals surface area contributed by atoms with Crippen LogP contribution in [0.5, 0.6) is 11.5 Å². The summed E-state index contributed by atoms with van der Waals surface area (Å²) < 4.78 is 10.9. The van der Waals surface area contributed by atoms with Crippen LogP contribution in [-0.4, -0.2) is 18.0 Å². The smallest absolute Gasteiger partial charge is 0.251 e. The number of carbonyl (C=O) groups is 1. The summed E-state index contributed by atoms with van der Waals surface area (Å²) in [5.41, 5.74) is 2.62. The normalized spacial score (nSPS) is 11.5. The SMILES string of the molecule is COc1ccc(C(=O)NC(C)c2ccc(OCc3cccnc3)cc2)cc1. The largest absolute Gasteiger partial charge is 0.497 e. The van der Waals surface area contributed by atoms with Gasteiger partial charge in [0.15, 0.2) is 0 Å². The van der Waals surface area contributed by atoms with Gasteiger partial charge in [-0.25, -0.2) is 0 Å². The van der Waals surface area contributed by atoms with Gasteiger partial charge in [0.25, 0.3) is 5.91 Å². The molecule has 138 valence electrons. The van der Waals surface area contributed by atoms with Crippen molar-refractivity contribution >= 4 is 5.91 Å². The summed E-state index contributed by atoms with van der Waals surface area (Å²) in [4.78, 5) is 16.4. The molecule has 0 spiro atoms. The molecule has 1 unspecified atom stereocenters. The van der Waals surface area contributed by atoms with Crippen molar-refractivity contribution in [2.75, 3.05) is 7.11 Å². The highest BCUT2D eigenvalue weighted by Crippen LogP contribution is 2.19. The van der Waals surface area contributed by atoms with E-state index >= 15 is 0 Å². The minimum Gasteiger partial charge on any atom is -0.497 e. The van der Waals surface area contributed by atoms with Gasteiger partial charge in [-0.3, -0.25) is 9.78 Å². The van der Waals surface area contributed by atoms with Crippen LogP contribution in [0.1, 0.15) is 34.5 Å². The van der Waals surface area contributed by atoms with Gasteiger partial charge in [0.2, 0.25) is 0 Å². The fourth-order valence-corrected chi connectivity index (χ4v) is 2.61. The first kappa shape index (κ1) is 18.5. The van der Waals surface area contributed by atoms with Gasteiger partial charge >= 0.3 is 0 Å². The Morgan fingerprint density at radius 2 is 1.74 bits per heavy atom. The van der Waals surface area contributed by atoms with Gasteiger partial charge in [0.1, 0.15) is 18.1 Å². The summed E-state index contributed by atoms with van der Waals surface area (Å²) in [6.45, 7) is 2.42. The summed E-state index contributed by atoms with van der Waals surface area (Å²) in [5.74, 6) is 1.37. The highest BCUT2D eigenvalue weighted by molar-refractivity contribution is 5.94. The van der Waals surface area contributed by atoms with Crippen LogP contribution in [0.4, 0.5) is 0 Å². The number of ether oxygens (including phenoxy) is 2. The Kier molecular flexibility index (Phi) is 6.05. The molecule has 1 aromatic heterocycles. The maximum Gasteiger partial charge on any atom is 0.251 e. The average Bonchev–Trinajstić information content (AvgIpc) is 2.73.